The molecule has 0 N–H and O–H groups in total. The van der Waals surface area contributed by atoms with Crippen molar-refractivity contribution in [1.29, 1.82) is 0 Å². The molecule has 0 fully saturated rings. The van der Waals surface area contributed by atoms with Crippen molar-refractivity contribution < 1.29 is 0 Å². The van der Waals surface area contributed by atoms with Gasteiger partial charge in [-0.05, 0) is 35.0 Å². The molecule has 0 radical (unpaired) electrons. The van der Waals surface area contributed by atoms with Gasteiger partial charge in [-0.3, -0.25) is 10.0 Å². The van der Waals surface area contributed by atoms with Gasteiger partial charge in [-0.15, -0.1) is 11.6 Å². The van der Waals surface area contributed by atoms with Crippen LogP contribution in [0.25, 0.3) is 0 Å². The van der Waals surface area contributed by atoms with E-state index in [1.807, 2.05) is 36.4 Å². The lowest BCUT2D eigenvalue weighted by Gasteiger charge is -2.31. The molecule has 0 aromatic rings. The van der Waals surface area contributed by atoms with Gasteiger partial charge in [-0.1, -0.05) is 23.8 Å². The predicted octanol–water partition coefficient (Wildman–Crippen LogP) is 3.69. The van der Waals surface area contributed by atoms with Gasteiger partial charge in [0.1, 0.15) is 6.04 Å². The lowest BCUT2D eigenvalue weighted by molar-refractivity contribution is 0.231. The molecular weight excluding hydrogens is 361 g/mol. The van der Waals surface area contributed by atoms with Crippen molar-refractivity contribution >= 4 is 51.1 Å². The van der Waals surface area contributed by atoms with Gasteiger partial charge >= 0.3 is 0 Å². The molecule has 1 aliphatic carbocycles. The van der Waals surface area contributed by atoms with Gasteiger partial charge in [0.25, 0.3) is 0 Å². The summed E-state index contributed by atoms with van der Waals surface area (Å²) in [5.41, 5.74) is 1.03. The summed E-state index contributed by atoms with van der Waals surface area (Å²) in [4.78, 5) is 4.53. The van der Waals surface area contributed by atoms with Crippen molar-refractivity contribution in [3.63, 3.8) is 0 Å². The molecule has 20 heavy (non-hydrogen) atoms. The molecule has 4 atom stereocenters. The van der Waals surface area contributed by atoms with E-state index >= 15 is 0 Å². The van der Waals surface area contributed by atoms with Crippen molar-refractivity contribution in [3.8, 4) is 0 Å². The quantitative estimate of drug-likeness (QED) is 0.677. The van der Waals surface area contributed by atoms with E-state index in [-0.39, 0.29) is 23.4 Å². The van der Waals surface area contributed by atoms with Gasteiger partial charge in [0.15, 0.2) is 0 Å². The van der Waals surface area contributed by atoms with Gasteiger partial charge < -0.3 is 0 Å². The maximum Gasteiger partial charge on any atom is 0.115 e. The van der Waals surface area contributed by atoms with E-state index in [0.717, 1.165) is 15.2 Å². The van der Waals surface area contributed by atoms with Crippen LogP contribution in [0.1, 0.15) is 6.92 Å². The number of aliphatic imine (C=N–C) groups is 1. The van der Waals surface area contributed by atoms with Gasteiger partial charge in [0.05, 0.1) is 17.1 Å². The summed E-state index contributed by atoms with van der Waals surface area (Å²) in [6, 6.07) is 0.251. The third-order valence-electron chi connectivity index (χ3n) is 3.74. The Balaban J connectivity index is 1.80. The van der Waals surface area contributed by atoms with Gasteiger partial charge in [-0.25, -0.2) is 0 Å². The first-order chi connectivity index (χ1) is 9.56. The first kappa shape index (κ1) is 14.4. The van der Waals surface area contributed by atoms with Gasteiger partial charge in [0, 0.05) is 28.2 Å². The lowest BCUT2D eigenvalue weighted by atomic mass is 9.98. The highest BCUT2D eigenvalue weighted by Gasteiger charge is 2.37. The summed E-state index contributed by atoms with van der Waals surface area (Å²) in [6.07, 6.45) is 9.74. The van der Waals surface area contributed by atoms with E-state index < -0.39 is 0 Å². The fourth-order valence-electron chi connectivity index (χ4n) is 2.68. The Hall–Kier alpha value is -0.580. The largest absolute Gasteiger partial charge is 0.287 e. The van der Waals surface area contributed by atoms with E-state index in [9.17, 15) is 0 Å². The number of hydrogen-bond acceptors (Lipinski definition) is 3. The number of halogens is 3. The molecule has 3 nitrogen and oxygen atoms in total. The zero-order valence-electron chi connectivity index (χ0n) is 10.9. The second-order valence-electron chi connectivity index (χ2n) is 5.12. The zero-order chi connectivity index (χ0) is 14.3. The highest BCUT2D eigenvalue weighted by molar-refractivity contribution is 9.12. The van der Waals surface area contributed by atoms with Crippen molar-refractivity contribution in [3.05, 3.63) is 33.8 Å². The molecule has 0 saturated carbocycles. The SMILES string of the molecule is CC1=NN(CC2C(Cl)=CC=CC2Cl)C2C=C(Br)C=NC12. The van der Waals surface area contributed by atoms with E-state index in [0.29, 0.717) is 6.54 Å². The van der Waals surface area contributed by atoms with Crippen LogP contribution in [0, 0.1) is 5.92 Å². The molecule has 3 rings (SSSR count). The number of dihydropyridines is 1. The third kappa shape index (κ3) is 2.61. The van der Waals surface area contributed by atoms with E-state index in [1.165, 1.54) is 0 Å². The molecule has 106 valence electrons. The van der Waals surface area contributed by atoms with Crippen LogP contribution in [0.4, 0.5) is 0 Å². The molecule has 0 aromatic heterocycles. The van der Waals surface area contributed by atoms with Crippen molar-refractivity contribution in [2.75, 3.05) is 6.54 Å². The molecular formula is C14H14BrCl2N3. The topological polar surface area (TPSA) is 28.0 Å². The Labute approximate surface area is 136 Å². The monoisotopic (exact) mass is 373 g/mol. The summed E-state index contributed by atoms with van der Waals surface area (Å²) in [6.45, 7) is 2.71. The summed E-state index contributed by atoms with van der Waals surface area (Å²) in [5, 5.41) is 7.37. The Morgan fingerprint density at radius 3 is 3.00 bits per heavy atom. The zero-order valence-corrected chi connectivity index (χ0v) is 14.0. The van der Waals surface area contributed by atoms with Crippen LogP contribution >= 0.6 is 39.1 Å². The van der Waals surface area contributed by atoms with Crippen LogP contribution in [0.3, 0.4) is 0 Å². The molecule has 2 aliphatic heterocycles. The van der Waals surface area contributed by atoms with Crippen LogP contribution in [0.2, 0.25) is 0 Å². The first-order valence-corrected chi connectivity index (χ1v) is 8.07. The van der Waals surface area contributed by atoms with E-state index in [2.05, 4.69) is 32.1 Å². The molecule has 0 spiro atoms. The minimum Gasteiger partial charge on any atom is -0.287 e. The van der Waals surface area contributed by atoms with Crippen LogP contribution < -0.4 is 0 Å². The van der Waals surface area contributed by atoms with Crippen LogP contribution in [0.5, 0.6) is 0 Å². The van der Waals surface area contributed by atoms with Crippen LogP contribution in [-0.4, -0.2) is 40.9 Å². The fraction of sp³-hybridized carbons (Fsp3) is 0.429. The second kappa shape index (κ2) is 5.66. The molecule has 2 heterocycles. The highest BCUT2D eigenvalue weighted by Crippen LogP contribution is 2.33. The van der Waals surface area contributed by atoms with E-state index in [4.69, 9.17) is 23.2 Å². The summed E-state index contributed by atoms with van der Waals surface area (Å²) >= 11 is 16.1. The number of nitrogens with zero attached hydrogens (tertiary/aromatic N) is 3. The molecule has 6 heteroatoms. The minimum atomic E-state index is -0.0958. The standard InChI is InChI=1S/C14H14BrCl2N3/c1-8-14-13(5-9(15)6-18-14)20(19-8)7-10-11(16)3-2-4-12(10)17/h2-6,10-11,13-14H,7H2,1H3. The minimum absolute atomic E-state index is 0.0664. The maximum absolute atomic E-state index is 6.35. The average Bonchev–Trinajstić information content (AvgIpc) is 2.70. The number of allylic oxidation sites excluding steroid dienone is 4. The van der Waals surface area contributed by atoms with Crippen molar-refractivity contribution in [1.82, 2.24) is 5.01 Å². The lowest BCUT2D eigenvalue weighted by Crippen LogP contribution is -2.40. The Kier molecular flexibility index (Phi) is 4.07. The Morgan fingerprint density at radius 1 is 1.45 bits per heavy atom. The van der Waals surface area contributed by atoms with E-state index in [1.54, 1.807) is 0 Å². The third-order valence-corrected chi connectivity index (χ3v) is 5.07. The predicted molar refractivity (Wildman–Crippen MR) is 89.1 cm³/mol. The molecule has 0 aromatic carbocycles. The van der Waals surface area contributed by atoms with Gasteiger partial charge in [-0.2, -0.15) is 5.10 Å². The normalized spacial score (nSPS) is 35.6. The maximum atomic E-state index is 6.35. The number of hydrazone groups is 1. The van der Waals surface area contributed by atoms with Crippen molar-refractivity contribution in [2.45, 2.75) is 24.4 Å². The Bertz CT molecular complexity index is 565. The molecule has 4 unspecified atom stereocenters. The summed E-state index contributed by atoms with van der Waals surface area (Å²) < 4.78 is 0.987. The Morgan fingerprint density at radius 2 is 2.25 bits per heavy atom. The number of alkyl halides is 1. The smallest absolute Gasteiger partial charge is 0.115 e. The summed E-state index contributed by atoms with van der Waals surface area (Å²) in [7, 11) is 0. The molecule has 0 amide bonds. The molecule has 0 bridgehead atoms. The number of rotatable bonds is 2. The number of fused-ring (bicyclic) bond motifs is 1. The van der Waals surface area contributed by atoms with Gasteiger partial charge in [0.2, 0.25) is 0 Å². The molecule has 0 saturated heterocycles. The average molecular weight is 375 g/mol. The fourth-order valence-corrected chi connectivity index (χ4v) is 3.72. The van der Waals surface area contributed by atoms with Crippen LogP contribution in [-0.2, 0) is 0 Å². The second-order valence-corrected chi connectivity index (χ2v) is 6.97. The number of hydrogen-bond donors (Lipinski definition) is 0. The van der Waals surface area contributed by atoms with Crippen LogP contribution in [0.15, 0.2) is 43.9 Å². The highest BCUT2D eigenvalue weighted by atomic mass is 79.9. The summed E-state index contributed by atoms with van der Waals surface area (Å²) in [5.74, 6) is 0.0664. The molecule has 3 aliphatic rings. The first-order valence-electron chi connectivity index (χ1n) is 6.46. The van der Waals surface area contributed by atoms with Crippen molar-refractivity contribution in [2.24, 2.45) is 16.0 Å².